The summed E-state index contributed by atoms with van der Waals surface area (Å²) in [6.07, 6.45) is 5.56. The summed E-state index contributed by atoms with van der Waals surface area (Å²) in [5.41, 5.74) is 2.90. The summed E-state index contributed by atoms with van der Waals surface area (Å²) in [6, 6.07) is 10.00. The van der Waals surface area contributed by atoms with Crippen LogP contribution in [0.2, 0.25) is 0 Å². The molecule has 0 spiro atoms. The fraction of sp³-hybridized carbons (Fsp3) is 0.368. The van der Waals surface area contributed by atoms with Gasteiger partial charge in [-0.1, -0.05) is 6.07 Å². The summed E-state index contributed by atoms with van der Waals surface area (Å²) in [5.74, 6) is 0.0852. The first-order valence-electron chi connectivity index (χ1n) is 7.99. The summed E-state index contributed by atoms with van der Waals surface area (Å²) in [5, 5.41) is 0. The van der Waals surface area contributed by atoms with Crippen LogP contribution >= 0.6 is 11.8 Å². The molecule has 0 aliphatic carbocycles. The maximum absolute atomic E-state index is 13.1. The van der Waals surface area contributed by atoms with E-state index in [1.54, 1.807) is 24.2 Å². The van der Waals surface area contributed by atoms with Gasteiger partial charge in [-0.05, 0) is 62.7 Å². The van der Waals surface area contributed by atoms with Crippen LogP contribution in [0.5, 0.6) is 0 Å². The Balaban J connectivity index is 2.26. The molecule has 4 nitrogen and oxygen atoms in total. The van der Waals surface area contributed by atoms with Gasteiger partial charge in [0.2, 0.25) is 0 Å². The van der Waals surface area contributed by atoms with Crippen LogP contribution in [0.3, 0.4) is 0 Å². The number of nitrogens with zero attached hydrogens (tertiary/aromatic N) is 3. The lowest BCUT2D eigenvalue weighted by Gasteiger charge is -2.25. The van der Waals surface area contributed by atoms with Crippen LogP contribution in [0.15, 0.2) is 47.6 Å². The highest BCUT2D eigenvalue weighted by molar-refractivity contribution is 7.98. The molecule has 0 aliphatic rings. The first-order valence-corrected chi connectivity index (χ1v) is 9.21. The van der Waals surface area contributed by atoms with Gasteiger partial charge in [0.25, 0.3) is 5.91 Å². The Morgan fingerprint density at radius 1 is 1.12 bits per heavy atom. The molecular weight excluding hydrogens is 318 g/mol. The lowest BCUT2D eigenvalue weighted by atomic mass is 10.1. The van der Waals surface area contributed by atoms with E-state index in [2.05, 4.69) is 16.0 Å². The second-order valence-corrected chi connectivity index (χ2v) is 6.95. The molecule has 0 saturated carbocycles. The average molecular weight is 343 g/mol. The van der Waals surface area contributed by atoms with Gasteiger partial charge in [0.05, 0.1) is 0 Å². The second-order valence-electron chi connectivity index (χ2n) is 6.07. The molecule has 0 radical (unpaired) electrons. The highest BCUT2D eigenvalue weighted by Gasteiger charge is 2.18. The number of carbonyl (C=O) groups is 1. The molecule has 2 rings (SSSR count). The number of carbonyl (C=O) groups excluding carboxylic acids is 1. The van der Waals surface area contributed by atoms with Crippen molar-refractivity contribution in [3.8, 4) is 0 Å². The quantitative estimate of drug-likeness (QED) is 0.723. The summed E-state index contributed by atoms with van der Waals surface area (Å²) < 4.78 is 0. The Morgan fingerprint density at radius 3 is 2.46 bits per heavy atom. The molecular formula is C19H25N3OS. The van der Waals surface area contributed by atoms with E-state index in [1.165, 1.54) is 0 Å². The molecule has 0 bridgehead atoms. The van der Waals surface area contributed by atoms with Crippen molar-refractivity contribution in [2.45, 2.75) is 18.4 Å². The van der Waals surface area contributed by atoms with Crippen molar-refractivity contribution in [3.63, 3.8) is 0 Å². The van der Waals surface area contributed by atoms with Crippen LogP contribution in [0.4, 0.5) is 0 Å². The van der Waals surface area contributed by atoms with Gasteiger partial charge in [-0.3, -0.25) is 9.78 Å². The third-order valence-electron chi connectivity index (χ3n) is 3.90. The number of benzene rings is 1. The summed E-state index contributed by atoms with van der Waals surface area (Å²) in [6.45, 7) is 4.11. The Morgan fingerprint density at radius 2 is 1.83 bits per heavy atom. The molecule has 2 aromatic rings. The molecule has 0 aliphatic heterocycles. The molecule has 0 fully saturated rings. The zero-order valence-electron chi connectivity index (χ0n) is 14.8. The number of rotatable bonds is 7. The van der Waals surface area contributed by atoms with Crippen LogP contribution < -0.4 is 0 Å². The molecule has 1 aromatic carbocycles. The normalized spacial score (nSPS) is 10.9. The predicted octanol–water partition coefficient (Wildman–Crippen LogP) is 3.32. The minimum absolute atomic E-state index is 0.0852. The van der Waals surface area contributed by atoms with Crippen LogP contribution in [0, 0.1) is 6.92 Å². The number of likely N-dealkylation sites (N-methyl/N-ethyl adjacent to an activating group) is 1. The Hall–Kier alpha value is -1.85. The van der Waals surface area contributed by atoms with Crippen LogP contribution in [-0.4, -0.2) is 54.1 Å². The summed E-state index contributed by atoms with van der Waals surface area (Å²) >= 11 is 1.66. The standard InChI is InChI=1S/C19H25N3OS/c1-15-5-6-17(24-4)13-18(15)19(23)22(12-11-21(2)3)14-16-7-9-20-10-8-16/h5-10,13H,11-12,14H2,1-4H3. The molecule has 1 heterocycles. The van der Waals surface area contributed by atoms with Crippen molar-refractivity contribution in [2.24, 2.45) is 0 Å². The first-order chi connectivity index (χ1) is 11.5. The van der Waals surface area contributed by atoms with Crippen molar-refractivity contribution in [2.75, 3.05) is 33.4 Å². The highest BCUT2D eigenvalue weighted by Crippen LogP contribution is 2.21. The minimum atomic E-state index is 0.0852. The molecule has 24 heavy (non-hydrogen) atoms. The zero-order valence-corrected chi connectivity index (χ0v) is 15.6. The second kappa shape index (κ2) is 8.85. The zero-order chi connectivity index (χ0) is 17.5. The van der Waals surface area contributed by atoms with E-state index < -0.39 is 0 Å². The van der Waals surface area contributed by atoms with Crippen LogP contribution in [-0.2, 0) is 6.54 Å². The fourth-order valence-corrected chi connectivity index (χ4v) is 2.85. The van der Waals surface area contributed by atoms with E-state index in [1.807, 2.05) is 56.4 Å². The van der Waals surface area contributed by atoms with E-state index in [9.17, 15) is 4.79 Å². The number of aryl methyl sites for hydroxylation is 1. The molecule has 0 saturated heterocycles. The van der Waals surface area contributed by atoms with Gasteiger partial charge in [0, 0.05) is 42.5 Å². The van der Waals surface area contributed by atoms with E-state index >= 15 is 0 Å². The van der Waals surface area contributed by atoms with Gasteiger partial charge in [-0.15, -0.1) is 11.8 Å². The van der Waals surface area contributed by atoms with Crippen molar-refractivity contribution in [1.29, 1.82) is 0 Å². The Bertz CT molecular complexity index is 674. The van der Waals surface area contributed by atoms with Crippen LogP contribution in [0.25, 0.3) is 0 Å². The number of aromatic nitrogens is 1. The summed E-state index contributed by atoms with van der Waals surface area (Å²) in [4.78, 5) is 22.3. The smallest absolute Gasteiger partial charge is 0.254 e. The average Bonchev–Trinajstić information content (AvgIpc) is 2.59. The maximum Gasteiger partial charge on any atom is 0.254 e. The Kier molecular flexibility index (Phi) is 6.82. The topological polar surface area (TPSA) is 36.4 Å². The molecule has 5 heteroatoms. The van der Waals surface area contributed by atoms with Crippen LogP contribution in [0.1, 0.15) is 21.5 Å². The summed E-state index contributed by atoms with van der Waals surface area (Å²) in [7, 11) is 4.05. The van der Waals surface area contributed by atoms with E-state index in [4.69, 9.17) is 0 Å². The highest BCUT2D eigenvalue weighted by atomic mass is 32.2. The number of pyridine rings is 1. The Labute approximate surface area is 148 Å². The monoisotopic (exact) mass is 343 g/mol. The number of amides is 1. The van der Waals surface area contributed by atoms with Gasteiger partial charge in [-0.25, -0.2) is 0 Å². The van der Waals surface area contributed by atoms with Crippen molar-refractivity contribution in [3.05, 3.63) is 59.4 Å². The van der Waals surface area contributed by atoms with Gasteiger partial charge < -0.3 is 9.80 Å². The van der Waals surface area contributed by atoms with E-state index in [-0.39, 0.29) is 5.91 Å². The van der Waals surface area contributed by atoms with E-state index in [0.717, 1.165) is 28.1 Å². The minimum Gasteiger partial charge on any atom is -0.333 e. The first kappa shape index (κ1) is 18.5. The maximum atomic E-state index is 13.1. The molecule has 0 N–H and O–H groups in total. The molecule has 128 valence electrons. The predicted molar refractivity (Wildman–Crippen MR) is 100 cm³/mol. The van der Waals surface area contributed by atoms with Gasteiger partial charge in [0.15, 0.2) is 0 Å². The van der Waals surface area contributed by atoms with Gasteiger partial charge >= 0.3 is 0 Å². The molecule has 0 unspecified atom stereocenters. The fourth-order valence-electron chi connectivity index (χ4n) is 2.41. The van der Waals surface area contributed by atoms with Gasteiger partial charge in [-0.2, -0.15) is 0 Å². The van der Waals surface area contributed by atoms with Crippen molar-refractivity contribution in [1.82, 2.24) is 14.8 Å². The molecule has 0 atom stereocenters. The largest absolute Gasteiger partial charge is 0.333 e. The number of hydrogen-bond acceptors (Lipinski definition) is 4. The lowest BCUT2D eigenvalue weighted by molar-refractivity contribution is 0.0731. The molecule has 1 aromatic heterocycles. The van der Waals surface area contributed by atoms with Crippen molar-refractivity contribution >= 4 is 17.7 Å². The third-order valence-corrected chi connectivity index (χ3v) is 4.63. The number of thioether (sulfide) groups is 1. The number of hydrogen-bond donors (Lipinski definition) is 0. The lowest BCUT2D eigenvalue weighted by Crippen LogP contribution is -2.36. The molecule has 1 amide bonds. The van der Waals surface area contributed by atoms with Gasteiger partial charge in [0.1, 0.15) is 0 Å². The third kappa shape index (κ3) is 5.08. The van der Waals surface area contributed by atoms with E-state index in [0.29, 0.717) is 13.1 Å². The van der Waals surface area contributed by atoms with Crippen molar-refractivity contribution < 1.29 is 4.79 Å². The SMILES string of the molecule is CSc1ccc(C)c(C(=O)N(CCN(C)C)Cc2ccncc2)c1.